The molecule has 0 bridgehead atoms. The Bertz CT molecular complexity index is 1600. The molecule has 0 spiro atoms. The highest BCUT2D eigenvalue weighted by Crippen LogP contribution is 2.54. The van der Waals surface area contributed by atoms with E-state index in [1.165, 1.54) is 12.1 Å². The van der Waals surface area contributed by atoms with Gasteiger partial charge in [-0.25, -0.2) is 8.42 Å². The molecular formula is C31H53N4O7PSSi. The van der Waals surface area contributed by atoms with Crippen LogP contribution in [0.25, 0.3) is 0 Å². The van der Waals surface area contributed by atoms with E-state index in [-0.39, 0.29) is 51.1 Å². The van der Waals surface area contributed by atoms with Crippen molar-refractivity contribution in [3.05, 3.63) is 29.5 Å². The van der Waals surface area contributed by atoms with E-state index in [2.05, 4.69) is 69.4 Å². The molecule has 2 aromatic rings. The second kappa shape index (κ2) is 12.7. The first-order valence-corrected chi connectivity index (χ1v) is 21.7. The summed E-state index contributed by atoms with van der Waals surface area (Å²) in [6.07, 6.45) is 2.22. The fourth-order valence-electron chi connectivity index (χ4n) is 4.72. The molecule has 1 aromatic heterocycles. The van der Waals surface area contributed by atoms with E-state index < -0.39 is 31.3 Å². The molecule has 0 fully saturated rings. The predicted octanol–water partition coefficient (Wildman–Crippen LogP) is 7.12. The fourth-order valence-corrected chi connectivity index (χ4v) is 8.20. The number of nitrogens with one attached hydrogen (secondary N) is 2. The van der Waals surface area contributed by atoms with Crippen molar-refractivity contribution in [2.75, 3.05) is 29.5 Å². The molecule has 0 amide bonds. The SMILES string of the molecule is CC(C)(C)CCn1c(O)c(C2=NP(=O)(OCCCO[Si](C)(C)C(C)(C)C)c3cc(NS(C)(=O)=O)ccc3N2)c(O)c1C(C)(C)C. The molecule has 1 aliphatic heterocycles. The first-order chi connectivity index (χ1) is 20.3. The molecule has 11 nitrogen and oxygen atoms in total. The van der Waals surface area contributed by atoms with Gasteiger partial charge in [-0.1, -0.05) is 62.3 Å². The Balaban J connectivity index is 2.08. The summed E-state index contributed by atoms with van der Waals surface area (Å²) in [5.74, 6) is -0.350. The maximum absolute atomic E-state index is 14.6. The van der Waals surface area contributed by atoms with Gasteiger partial charge in [0.05, 0.1) is 29.5 Å². The van der Waals surface area contributed by atoms with E-state index >= 15 is 0 Å². The molecule has 14 heteroatoms. The van der Waals surface area contributed by atoms with Gasteiger partial charge >= 0.3 is 7.52 Å². The molecule has 2 heterocycles. The highest BCUT2D eigenvalue weighted by molar-refractivity contribution is 7.92. The highest BCUT2D eigenvalue weighted by Gasteiger charge is 2.40. The van der Waals surface area contributed by atoms with Crippen LogP contribution in [0.4, 0.5) is 11.4 Å². The normalized spacial score (nSPS) is 17.9. The number of benzene rings is 1. The Kier molecular flexibility index (Phi) is 10.5. The van der Waals surface area contributed by atoms with Crippen molar-refractivity contribution in [2.24, 2.45) is 10.2 Å². The number of amidine groups is 1. The molecule has 254 valence electrons. The zero-order valence-electron chi connectivity index (χ0n) is 29.0. The molecule has 1 aromatic carbocycles. The lowest BCUT2D eigenvalue weighted by Crippen LogP contribution is -2.41. The molecule has 0 aliphatic carbocycles. The number of aromatic nitrogens is 1. The van der Waals surface area contributed by atoms with Gasteiger partial charge in [-0.05, 0) is 54.6 Å². The number of nitrogens with zero attached hydrogens (tertiary/aromatic N) is 2. The predicted molar refractivity (Wildman–Crippen MR) is 187 cm³/mol. The van der Waals surface area contributed by atoms with Crippen LogP contribution in [-0.4, -0.2) is 56.8 Å². The van der Waals surface area contributed by atoms with E-state index in [9.17, 15) is 23.2 Å². The van der Waals surface area contributed by atoms with E-state index in [4.69, 9.17) is 8.95 Å². The molecular weight excluding hydrogens is 631 g/mol. The third-order valence-electron chi connectivity index (χ3n) is 8.16. The average Bonchev–Trinajstić information content (AvgIpc) is 3.10. The highest BCUT2D eigenvalue weighted by atomic mass is 32.2. The van der Waals surface area contributed by atoms with Crippen molar-refractivity contribution < 1.29 is 32.1 Å². The van der Waals surface area contributed by atoms with Crippen LogP contribution in [0.15, 0.2) is 23.0 Å². The van der Waals surface area contributed by atoms with Crippen LogP contribution in [0.3, 0.4) is 0 Å². The number of hydrogen-bond acceptors (Lipinski definition) is 8. The van der Waals surface area contributed by atoms with Gasteiger partial charge in [0.15, 0.2) is 19.9 Å². The van der Waals surface area contributed by atoms with Crippen LogP contribution in [0.1, 0.15) is 86.4 Å². The lowest BCUT2D eigenvalue weighted by atomic mass is 9.89. The lowest BCUT2D eigenvalue weighted by molar-refractivity contribution is 0.236. The van der Waals surface area contributed by atoms with Gasteiger partial charge in [-0.3, -0.25) is 9.29 Å². The minimum Gasteiger partial charge on any atom is -0.505 e. The second-order valence-corrected chi connectivity index (χ2v) is 24.1. The van der Waals surface area contributed by atoms with Gasteiger partial charge in [0.1, 0.15) is 5.56 Å². The Morgan fingerprint density at radius 3 is 2.20 bits per heavy atom. The number of rotatable bonds is 11. The van der Waals surface area contributed by atoms with Crippen molar-refractivity contribution in [1.82, 2.24) is 4.57 Å². The van der Waals surface area contributed by atoms with Crippen molar-refractivity contribution in [3.63, 3.8) is 0 Å². The van der Waals surface area contributed by atoms with E-state index in [1.807, 2.05) is 20.8 Å². The second-order valence-electron chi connectivity index (χ2n) is 15.6. The van der Waals surface area contributed by atoms with Crippen LogP contribution in [0.2, 0.25) is 18.1 Å². The summed E-state index contributed by atoms with van der Waals surface area (Å²) in [5, 5.41) is 26.4. The quantitative estimate of drug-likeness (QED) is 0.111. The number of sulfonamides is 1. The summed E-state index contributed by atoms with van der Waals surface area (Å²) < 4.78 is 59.4. The molecule has 1 unspecified atom stereocenters. The van der Waals surface area contributed by atoms with Crippen LogP contribution in [0, 0.1) is 5.41 Å². The van der Waals surface area contributed by atoms with Crippen molar-refractivity contribution in [3.8, 4) is 11.6 Å². The lowest BCUT2D eigenvalue weighted by Gasteiger charge is -2.36. The van der Waals surface area contributed by atoms with Crippen LogP contribution >= 0.6 is 7.52 Å². The first kappa shape index (κ1) is 37.1. The van der Waals surface area contributed by atoms with Crippen molar-refractivity contribution >= 4 is 48.4 Å². The smallest absolute Gasteiger partial charge is 0.348 e. The summed E-state index contributed by atoms with van der Waals surface area (Å²) in [4.78, 5) is 0. The van der Waals surface area contributed by atoms with Crippen molar-refractivity contribution in [1.29, 1.82) is 0 Å². The van der Waals surface area contributed by atoms with Gasteiger partial charge in [0, 0.05) is 24.3 Å². The van der Waals surface area contributed by atoms with E-state index in [0.29, 0.717) is 31.0 Å². The topological polar surface area (TPSA) is 151 Å². The molecule has 0 radical (unpaired) electrons. The Labute approximate surface area is 270 Å². The van der Waals surface area contributed by atoms with Gasteiger partial charge in [-0.2, -0.15) is 4.76 Å². The minimum absolute atomic E-state index is 0.00203. The number of anilines is 2. The Morgan fingerprint density at radius 1 is 1.04 bits per heavy atom. The third-order valence-corrected chi connectivity index (χ3v) is 15.3. The summed E-state index contributed by atoms with van der Waals surface area (Å²) in [5.41, 5.74) is 0.552. The number of hydrogen-bond donors (Lipinski definition) is 4. The molecule has 1 atom stereocenters. The average molecular weight is 685 g/mol. The maximum atomic E-state index is 14.6. The molecule has 45 heavy (non-hydrogen) atoms. The summed E-state index contributed by atoms with van der Waals surface area (Å²) >= 11 is 0. The fraction of sp³-hybridized carbons (Fsp3) is 0.645. The molecule has 1 aliphatic rings. The van der Waals surface area contributed by atoms with Gasteiger partial charge < -0.3 is 29.0 Å². The Morgan fingerprint density at radius 2 is 1.67 bits per heavy atom. The molecule has 4 N–H and O–H groups in total. The van der Waals surface area contributed by atoms with Gasteiger partial charge in [0.25, 0.3) is 0 Å². The van der Waals surface area contributed by atoms with Gasteiger partial charge in [0.2, 0.25) is 15.9 Å². The van der Waals surface area contributed by atoms with E-state index in [0.717, 1.165) is 12.7 Å². The van der Waals surface area contributed by atoms with E-state index in [1.54, 1.807) is 10.6 Å². The maximum Gasteiger partial charge on any atom is 0.348 e. The molecule has 0 saturated carbocycles. The van der Waals surface area contributed by atoms with Crippen LogP contribution < -0.4 is 15.3 Å². The summed E-state index contributed by atoms with van der Waals surface area (Å²) in [6.45, 7) is 23.9. The third kappa shape index (κ3) is 8.94. The number of aromatic hydroxyl groups is 2. The summed E-state index contributed by atoms with van der Waals surface area (Å²) in [6, 6.07) is 4.54. The zero-order chi connectivity index (χ0) is 34.4. The number of fused-ring (bicyclic) bond motifs is 1. The standard InChI is InChI=1S/C31H53N4O7PSSi/c1-29(2,3)16-17-35-26(30(4,5)6)25(36)24(28(35)37)27-32-22-15-14-21(34-44(10,39)40)20-23(22)43(38,33-27)41-18-13-19-42-45(11,12)31(7,8)9/h14-15,20,34,36-37H,13,16-19H2,1-12H3,(H,32,33,38). The van der Waals surface area contributed by atoms with Crippen molar-refractivity contribution in [2.45, 2.75) is 105 Å². The van der Waals surface area contributed by atoms with Gasteiger partial charge in [-0.15, -0.1) is 0 Å². The molecule has 3 rings (SSSR count). The summed E-state index contributed by atoms with van der Waals surface area (Å²) in [7, 11) is -9.64. The van der Waals surface area contributed by atoms with Crippen LogP contribution in [0.5, 0.6) is 11.6 Å². The first-order valence-electron chi connectivity index (χ1n) is 15.3. The minimum atomic E-state index is -4.04. The van der Waals surface area contributed by atoms with Crippen LogP contribution in [-0.2, 0) is 35.5 Å². The monoisotopic (exact) mass is 684 g/mol. The Hall–Kier alpha value is -2.31. The molecule has 0 saturated heterocycles. The zero-order valence-corrected chi connectivity index (χ0v) is 31.7. The largest absolute Gasteiger partial charge is 0.505 e.